The molecule has 0 unspecified atom stereocenters. The molecule has 2 rings (SSSR count). The molecule has 1 aliphatic heterocycles. The van der Waals surface area contributed by atoms with Crippen LogP contribution in [0, 0.1) is 6.92 Å². The highest BCUT2D eigenvalue weighted by atomic mass is 32.2. The van der Waals surface area contributed by atoms with E-state index in [4.69, 9.17) is 5.73 Å². The normalized spacial score (nSPS) is 17.8. The van der Waals surface area contributed by atoms with Gasteiger partial charge in [0.25, 0.3) is 0 Å². The SMILES string of the molecule is Cc1ccc(N)cc1S(=O)(=O)N1CCN(C)C(=O)C1. The number of carbonyl (C=O) groups excluding carboxylic acids is 1. The lowest BCUT2D eigenvalue weighted by Crippen LogP contribution is -2.50. The van der Waals surface area contributed by atoms with Crippen molar-refractivity contribution in [3.05, 3.63) is 23.8 Å². The molecule has 0 aromatic heterocycles. The first-order valence-electron chi connectivity index (χ1n) is 5.92. The van der Waals surface area contributed by atoms with Crippen LogP contribution in [0.1, 0.15) is 5.56 Å². The van der Waals surface area contributed by atoms with Crippen LogP contribution in [-0.4, -0.2) is 50.2 Å². The average molecular weight is 283 g/mol. The lowest BCUT2D eigenvalue weighted by Gasteiger charge is -2.31. The Kier molecular flexibility index (Phi) is 3.51. The summed E-state index contributed by atoms with van der Waals surface area (Å²) in [6.45, 7) is 2.30. The van der Waals surface area contributed by atoms with Gasteiger partial charge in [-0.2, -0.15) is 4.31 Å². The second kappa shape index (κ2) is 4.82. The zero-order valence-corrected chi connectivity index (χ0v) is 11.8. The van der Waals surface area contributed by atoms with Gasteiger partial charge >= 0.3 is 0 Å². The van der Waals surface area contributed by atoms with E-state index in [0.29, 0.717) is 24.3 Å². The molecular formula is C12H17N3O3S. The summed E-state index contributed by atoms with van der Waals surface area (Å²) in [6, 6.07) is 4.76. The number of aryl methyl sites for hydroxylation is 1. The van der Waals surface area contributed by atoms with E-state index in [1.807, 2.05) is 0 Å². The molecule has 0 spiro atoms. The summed E-state index contributed by atoms with van der Waals surface area (Å²) < 4.78 is 26.2. The zero-order valence-electron chi connectivity index (χ0n) is 11.0. The number of carbonyl (C=O) groups is 1. The highest BCUT2D eigenvalue weighted by Gasteiger charge is 2.32. The highest BCUT2D eigenvalue weighted by molar-refractivity contribution is 7.89. The number of piperazine rings is 1. The molecule has 0 atom stereocenters. The van der Waals surface area contributed by atoms with E-state index in [2.05, 4.69) is 0 Å². The number of likely N-dealkylation sites (N-methyl/N-ethyl adjacent to an activating group) is 1. The molecule has 1 amide bonds. The number of nitrogen functional groups attached to an aromatic ring is 1. The van der Waals surface area contributed by atoms with Gasteiger partial charge in [-0.3, -0.25) is 4.79 Å². The average Bonchev–Trinajstić information content (AvgIpc) is 2.35. The highest BCUT2D eigenvalue weighted by Crippen LogP contribution is 2.23. The molecule has 104 valence electrons. The van der Waals surface area contributed by atoms with Gasteiger partial charge in [0.2, 0.25) is 15.9 Å². The lowest BCUT2D eigenvalue weighted by molar-refractivity contribution is -0.132. The van der Waals surface area contributed by atoms with Crippen molar-refractivity contribution in [2.45, 2.75) is 11.8 Å². The van der Waals surface area contributed by atoms with Crippen LogP contribution in [0.3, 0.4) is 0 Å². The number of sulfonamides is 1. The Labute approximate surface area is 112 Å². The van der Waals surface area contributed by atoms with Crippen LogP contribution in [0.5, 0.6) is 0 Å². The maximum atomic E-state index is 12.5. The van der Waals surface area contributed by atoms with Crippen molar-refractivity contribution in [1.82, 2.24) is 9.21 Å². The first-order chi connectivity index (χ1) is 8.82. The summed E-state index contributed by atoms with van der Waals surface area (Å²) >= 11 is 0. The zero-order chi connectivity index (χ0) is 14.2. The minimum Gasteiger partial charge on any atom is -0.399 e. The van der Waals surface area contributed by atoms with Gasteiger partial charge in [-0.15, -0.1) is 0 Å². The Bertz CT molecular complexity index is 613. The second-order valence-corrected chi connectivity index (χ2v) is 6.59. The van der Waals surface area contributed by atoms with Gasteiger partial charge in [0.05, 0.1) is 11.4 Å². The van der Waals surface area contributed by atoms with Gasteiger partial charge in [-0.05, 0) is 24.6 Å². The van der Waals surface area contributed by atoms with Gasteiger partial charge in [-0.25, -0.2) is 8.42 Å². The van der Waals surface area contributed by atoms with E-state index < -0.39 is 10.0 Å². The fourth-order valence-electron chi connectivity index (χ4n) is 1.98. The molecule has 1 aliphatic rings. The number of benzene rings is 1. The standard InChI is InChI=1S/C12H17N3O3S/c1-9-3-4-10(13)7-11(9)19(17,18)15-6-5-14(2)12(16)8-15/h3-4,7H,5-6,8,13H2,1-2H3. The molecule has 19 heavy (non-hydrogen) atoms. The van der Waals surface area contributed by atoms with Gasteiger partial charge in [0.15, 0.2) is 0 Å². The van der Waals surface area contributed by atoms with Crippen molar-refractivity contribution >= 4 is 21.6 Å². The van der Waals surface area contributed by atoms with Crippen molar-refractivity contribution in [2.75, 3.05) is 32.4 Å². The van der Waals surface area contributed by atoms with E-state index in [9.17, 15) is 13.2 Å². The topological polar surface area (TPSA) is 83.7 Å². The number of amides is 1. The van der Waals surface area contributed by atoms with Crippen molar-refractivity contribution < 1.29 is 13.2 Å². The fourth-order valence-corrected chi connectivity index (χ4v) is 3.62. The quantitative estimate of drug-likeness (QED) is 0.777. The number of hydrogen-bond donors (Lipinski definition) is 1. The third kappa shape index (κ3) is 2.57. The maximum absolute atomic E-state index is 12.5. The molecular weight excluding hydrogens is 266 g/mol. The molecule has 0 aliphatic carbocycles. The summed E-state index contributed by atoms with van der Waals surface area (Å²) in [6.07, 6.45) is 0. The van der Waals surface area contributed by atoms with Crippen LogP contribution in [0.2, 0.25) is 0 Å². The monoisotopic (exact) mass is 283 g/mol. The van der Waals surface area contributed by atoms with E-state index in [0.717, 1.165) is 0 Å². The van der Waals surface area contributed by atoms with E-state index in [-0.39, 0.29) is 17.3 Å². The first kappa shape index (κ1) is 13.8. The molecule has 1 fully saturated rings. The molecule has 1 aromatic rings. The summed E-state index contributed by atoms with van der Waals surface area (Å²) in [4.78, 5) is 13.3. The smallest absolute Gasteiger partial charge is 0.243 e. The molecule has 2 N–H and O–H groups in total. The van der Waals surface area contributed by atoms with E-state index >= 15 is 0 Å². The van der Waals surface area contributed by atoms with Crippen molar-refractivity contribution in [1.29, 1.82) is 0 Å². The van der Waals surface area contributed by atoms with Crippen LogP contribution >= 0.6 is 0 Å². The molecule has 0 saturated carbocycles. The number of rotatable bonds is 2. The largest absolute Gasteiger partial charge is 0.399 e. The van der Waals surface area contributed by atoms with Gasteiger partial charge in [-0.1, -0.05) is 6.07 Å². The molecule has 1 saturated heterocycles. The minimum atomic E-state index is -3.67. The molecule has 0 bridgehead atoms. The maximum Gasteiger partial charge on any atom is 0.243 e. The Morgan fingerprint density at radius 2 is 1.95 bits per heavy atom. The van der Waals surface area contributed by atoms with Gasteiger partial charge in [0, 0.05) is 25.8 Å². The molecule has 1 aromatic carbocycles. The number of nitrogens with zero attached hydrogens (tertiary/aromatic N) is 2. The van der Waals surface area contributed by atoms with Crippen molar-refractivity contribution in [3.63, 3.8) is 0 Å². The van der Waals surface area contributed by atoms with E-state index in [1.165, 1.54) is 15.3 Å². The van der Waals surface area contributed by atoms with E-state index in [1.54, 1.807) is 26.1 Å². The van der Waals surface area contributed by atoms with Crippen LogP contribution < -0.4 is 5.73 Å². The van der Waals surface area contributed by atoms with Crippen LogP contribution in [0.15, 0.2) is 23.1 Å². The summed E-state index contributed by atoms with van der Waals surface area (Å²) in [5.74, 6) is -0.198. The molecule has 0 radical (unpaired) electrons. The predicted octanol–water partition coefficient (Wildman–Crippen LogP) is 0.0399. The third-order valence-electron chi connectivity index (χ3n) is 3.25. The number of anilines is 1. The van der Waals surface area contributed by atoms with Gasteiger partial charge in [0.1, 0.15) is 0 Å². The Morgan fingerprint density at radius 3 is 2.58 bits per heavy atom. The van der Waals surface area contributed by atoms with Crippen molar-refractivity contribution in [2.24, 2.45) is 0 Å². The number of nitrogens with two attached hydrogens (primary N) is 1. The minimum absolute atomic E-state index is 0.118. The Hall–Kier alpha value is -1.60. The predicted molar refractivity (Wildman–Crippen MR) is 72.0 cm³/mol. The second-order valence-electron chi connectivity index (χ2n) is 4.68. The third-order valence-corrected chi connectivity index (χ3v) is 5.24. The fraction of sp³-hybridized carbons (Fsp3) is 0.417. The van der Waals surface area contributed by atoms with Crippen LogP contribution in [-0.2, 0) is 14.8 Å². The lowest BCUT2D eigenvalue weighted by atomic mass is 10.2. The van der Waals surface area contributed by atoms with Crippen LogP contribution in [0.4, 0.5) is 5.69 Å². The summed E-state index contributed by atoms with van der Waals surface area (Å²) in [7, 11) is -2.00. The summed E-state index contributed by atoms with van der Waals surface area (Å²) in [5.41, 5.74) is 6.66. The van der Waals surface area contributed by atoms with Crippen molar-refractivity contribution in [3.8, 4) is 0 Å². The Balaban J connectivity index is 2.37. The molecule has 6 nitrogen and oxygen atoms in total. The first-order valence-corrected chi connectivity index (χ1v) is 7.36. The van der Waals surface area contributed by atoms with Crippen LogP contribution in [0.25, 0.3) is 0 Å². The summed E-state index contributed by atoms with van der Waals surface area (Å²) in [5, 5.41) is 0. The molecule has 7 heteroatoms. The number of hydrogen-bond acceptors (Lipinski definition) is 4. The van der Waals surface area contributed by atoms with Gasteiger partial charge < -0.3 is 10.6 Å². The molecule has 1 heterocycles. The Morgan fingerprint density at radius 1 is 1.26 bits per heavy atom.